The summed E-state index contributed by atoms with van der Waals surface area (Å²) >= 11 is 4.88. The number of carbonyl (C=O) groups is 1. The molecule has 0 saturated carbocycles. The molecule has 0 bridgehead atoms. The molecule has 0 aliphatic heterocycles. The highest BCUT2D eigenvalue weighted by molar-refractivity contribution is 7.80. The number of carbonyl (C=O) groups excluding carboxylic acids is 1. The second-order valence-electron chi connectivity index (χ2n) is 3.66. The number of hydrogen-bond donors (Lipinski definition) is 3. The molecule has 0 saturated heterocycles. The van der Waals surface area contributed by atoms with E-state index < -0.39 is 0 Å². The van der Waals surface area contributed by atoms with Crippen molar-refractivity contribution in [3.63, 3.8) is 0 Å². The molecule has 1 atom stereocenters. The van der Waals surface area contributed by atoms with E-state index in [1.165, 1.54) is 18.3 Å². The SMILES string of the molecule is CCCC(NC(=O)c1ccc(=O)[nH]c1)C(N)=S. The Hall–Kier alpha value is -1.69. The number of hydrogen-bond acceptors (Lipinski definition) is 3. The third-order valence-corrected chi connectivity index (χ3v) is 2.56. The van der Waals surface area contributed by atoms with E-state index in [2.05, 4.69) is 10.3 Å². The Morgan fingerprint density at radius 3 is 2.76 bits per heavy atom. The molecule has 1 unspecified atom stereocenters. The number of amides is 1. The summed E-state index contributed by atoms with van der Waals surface area (Å²) in [5.74, 6) is -0.299. The van der Waals surface area contributed by atoms with Crippen molar-refractivity contribution in [3.8, 4) is 0 Å². The van der Waals surface area contributed by atoms with Crippen LogP contribution in [0, 0.1) is 0 Å². The van der Waals surface area contributed by atoms with Gasteiger partial charge in [-0.3, -0.25) is 9.59 Å². The van der Waals surface area contributed by atoms with E-state index in [0.29, 0.717) is 12.0 Å². The van der Waals surface area contributed by atoms with Gasteiger partial charge in [-0.15, -0.1) is 0 Å². The molecule has 92 valence electrons. The quantitative estimate of drug-likeness (QED) is 0.669. The summed E-state index contributed by atoms with van der Waals surface area (Å²) in [4.78, 5) is 25.3. The van der Waals surface area contributed by atoms with Gasteiger partial charge in [-0.1, -0.05) is 25.6 Å². The Balaban J connectivity index is 2.73. The third kappa shape index (κ3) is 3.99. The van der Waals surface area contributed by atoms with Crippen molar-refractivity contribution in [2.45, 2.75) is 25.8 Å². The van der Waals surface area contributed by atoms with Crippen LogP contribution in [0.2, 0.25) is 0 Å². The molecule has 1 amide bonds. The first kappa shape index (κ1) is 13.4. The van der Waals surface area contributed by atoms with Crippen molar-refractivity contribution in [1.29, 1.82) is 0 Å². The van der Waals surface area contributed by atoms with Gasteiger partial charge >= 0.3 is 0 Å². The molecule has 0 aliphatic carbocycles. The summed E-state index contributed by atoms with van der Waals surface area (Å²) in [5.41, 5.74) is 5.66. The van der Waals surface area contributed by atoms with Gasteiger partial charge < -0.3 is 16.0 Å². The predicted octanol–water partition coefficient (Wildman–Crippen LogP) is 0.560. The predicted molar refractivity (Wildman–Crippen MR) is 70.0 cm³/mol. The van der Waals surface area contributed by atoms with Gasteiger partial charge in [-0.25, -0.2) is 0 Å². The Labute approximate surface area is 104 Å². The molecule has 5 nitrogen and oxygen atoms in total. The molecule has 0 fully saturated rings. The number of thiocarbonyl (C=S) groups is 1. The van der Waals surface area contributed by atoms with Gasteiger partial charge in [0, 0.05) is 12.3 Å². The highest BCUT2D eigenvalue weighted by Gasteiger charge is 2.15. The normalized spacial score (nSPS) is 11.8. The van der Waals surface area contributed by atoms with Gasteiger partial charge in [0.15, 0.2) is 0 Å². The summed E-state index contributed by atoms with van der Waals surface area (Å²) in [5, 5.41) is 2.73. The Morgan fingerprint density at radius 2 is 2.29 bits per heavy atom. The Morgan fingerprint density at radius 1 is 1.59 bits per heavy atom. The molecule has 1 aromatic heterocycles. The Bertz CT molecular complexity index is 450. The van der Waals surface area contributed by atoms with E-state index in [9.17, 15) is 9.59 Å². The summed E-state index contributed by atoms with van der Waals surface area (Å²) in [6.45, 7) is 1.98. The molecular formula is C11H15N3O2S. The van der Waals surface area contributed by atoms with Crippen molar-refractivity contribution in [2.75, 3.05) is 0 Å². The number of rotatable bonds is 5. The maximum atomic E-state index is 11.8. The minimum Gasteiger partial charge on any atom is -0.392 e. The standard InChI is InChI=1S/C11H15N3O2S/c1-2-3-8(10(12)17)14-11(16)7-4-5-9(15)13-6-7/h4-6,8H,2-3H2,1H3,(H2,12,17)(H,13,15)(H,14,16). The first-order valence-electron chi connectivity index (χ1n) is 5.33. The molecule has 1 aromatic rings. The monoisotopic (exact) mass is 253 g/mol. The highest BCUT2D eigenvalue weighted by atomic mass is 32.1. The molecule has 6 heteroatoms. The van der Waals surface area contributed by atoms with Gasteiger partial charge in [-0.2, -0.15) is 0 Å². The summed E-state index contributed by atoms with van der Waals surface area (Å²) in [7, 11) is 0. The fourth-order valence-electron chi connectivity index (χ4n) is 1.37. The maximum Gasteiger partial charge on any atom is 0.253 e. The van der Waals surface area contributed by atoms with Gasteiger partial charge in [0.05, 0.1) is 16.6 Å². The zero-order valence-corrected chi connectivity index (χ0v) is 10.3. The van der Waals surface area contributed by atoms with Crippen LogP contribution < -0.4 is 16.6 Å². The second-order valence-corrected chi connectivity index (χ2v) is 4.13. The van der Waals surface area contributed by atoms with Crippen molar-refractivity contribution in [2.24, 2.45) is 5.73 Å². The van der Waals surface area contributed by atoms with Gasteiger partial charge in [0.2, 0.25) is 5.56 Å². The average Bonchev–Trinajstić information content (AvgIpc) is 2.29. The number of aromatic nitrogens is 1. The lowest BCUT2D eigenvalue weighted by Crippen LogP contribution is -2.43. The van der Waals surface area contributed by atoms with Crippen LogP contribution >= 0.6 is 12.2 Å². The van der Waals surface area contributed by atoms with E-state index in [1.807, 2.05) is 6.92 Å². The smallest absolute Gasteiger partial charge is 0.253 e. The Kier molecular flexibility index (Phi) is 4.84. The second kappa shape index (κ2) is 6.15. The number of H-pyrrole nitrogens is 1. The van der Waals surface area contributed by atoms with Crippen LogP contribution in [0.3, 0.4) is 0 Å². The molecule has 1 heterocycles. The van der Waals surface area contributed by atoms with Crippen LogP contribution in [0.5, 0.6) is 0 Å². The fourth-order valence-corrected chi connectivity index (χ4v) is 1.54. The first-order chi connectivity index (χ1) is 8.04. The zero-order chi connectivity index (χ0) is 12.8. The first-order valence-corrected chi connectivity index (χ1v) is 5.74. The van der Waals surface area contributed by atoms with Crippen LogP contribution in [-0.2, 0) is 0 Å². The van der Waals surface area contributed by atoms with E-state index in [0.717, 1.165) is 6.42 Å². The molecular weight excluding hydrogens is 238 g/mol. The summed E-state index contributed by atoms with van der Waals surface area (Å²) in [6, 6.07) is 2.44. The number of aromatic amines is 1. The van der Waals surface area contributed by atoms with E-state index in [-0.39, 0.29) is 22.5 Å². The molecule has 1 rings (SSSR count). The largest absolute Gasteiger partial charge is 0.392 e. The van der Waals surface area contributed by atoms with E-state index in [1.54, 1.807) is 0 Å². The molecule has 4 N–H and O–H groups in total. The highest BCUT2D eigenvalue weighted by Crippen LogP contribution is 2.00. The number of nitrogens with one attached hydrogen (secondary N) is 2. The van der Waals surface area contributed by atoms with Gasteiger partial charge in [-0.05, 0) is 12.5 Å². The number of nitrogens with two attached hydrogens (primary N) is 1. The van der Waals surface area contributed by atoms with E-state index >= 15 is 0 Å². The van der Waals surface area contributed by atoms with E-state index in [4.69, 9.17) is 18.0 Å². The summed E-state index contributed by atoms with van der Waals surface area (Å²) in [6.07, 6.45) is 2.93. The van der Waals surface area contributed by atoms with Crippen LogP contribution in [0.25, 0.3) is 0 Å². The van der Waals surface area contributed by atoms with Gasteiger partial charge in [0.1, 0.15) is 0 Å². The topological polar surface area (TPSA) is 88.0 Å². The molecule has 0 radical (unpaired) electrons. The molecule has 0 aromatic carbocycles. The van der Waals surface area contributed by atoms with Crippen LogP contribution in [0.1, 0.15) is 30.1 Å². The fraction of sp³-hybridized carbons (Fsp3) is 0.364. The van der Waals surface area contributed by atoms with Crippen molar-refractivity contribution >= 4 is 23.1 Å². The lowest BCUT2D eigenvalue weighted by molar-refractivity contribution is 0.0945. The minimum atomic E-state index is -0.311. The minimum absolute atomic E-state index is 0.249. The van der Waals surface area contributed by atoms with Crippen molar-refractivity contribution in [3.05, 3.63) is 34.2 Å². The lowest BCUT2D eigenvalue weighted by atomic mass is 10.1. The van der Waals surface area contributed by atoms with Crippen molar-refractivity contribution < 1.29 is 4.79 Å². The summed E-state index contributed by atoms with van der Waals surface area (Å²) < 4.78 is 0. The van der Waals surface area contributed by atoms with Crippen LogP contribution in [-0.4, -0.2) is 21.9 Å². The third-order valence-electron chi connectivity index (χ3n) is 2.27. The lowest BCUT2D eigenvalue weighted by Gasteiger charge is -2.16. The average molecular weight is 253 g/mol. The maximum absolute atomic E-state index is 11.8. The van der Waals surface area contributed by atoms with Crippen LogP contribution in [0.15, 0.2) is 23.1 Å². The molecule has 0 aliphatic rings. The zero-order valence-electron chi connectivity index (χ0n) is 9.53. The van der Waals surface area contributed by atoms with Crippen LogP contribution in [0.4, 0.5) is 0 Å². The number of pyridine rings is 1. The molecule has 0 spiro atoms. The van der Waals surface area contributed by atoms with Gasteiger partial charge in [0.25, 0.3) is 5.91 Å². The van der Waals surface area contributed by atoms with Crippen molar-refractivity contribution in [1.82, 2.24) is 10.3 Å². The molecule has 17 heavy (non-hydrogen) atoms.